The fourth-order valence-corrected chi connectivity index (χ4v) is 2.55. The third kappa shape index (κ3) is 5.74. The van der Waals surface area contributed by atoms with Crippen LogP contribution in [0.2, 0.25) is 0 Å². The van der Waals surface area contributed by atoms with Crippen LogP contribution in [0.4, 0.5) is 0 Å². The van der Waals surface area contributed by atoms with Crippen LogP contribution in [0, 0.1) is 11.3 Å². The Bertz CT molecular complexity index is 462. The van der Waals surface area contributed by atoms with Gasteiger partial charge < -0.3 is 9.47 Å². The molecule has 0 bridgehead atoms. The van der Waals surface area contributed by atoms with Gasteiger partial charge in [-0.05, 0) is 17.7 Å². The second-order valence-corrected chi connectivity index (χ2v) is 5.53. The van der Waals surface area contributed by atoms with E-state index in [4.69, 9.17) is 14.7 Å². The molecule has 1 saturated heterocycles. The summed E-state index contributed by atoms with van der Waals surface area (Å²) in [6.07, 6.45) is 0. The lowest BCUT2D eigenvalue weighted by Crippen LogP contribution is -2.46. The van der Waals surface area contributed by atoms with Crippen LogP contribution >= 0.6 is 0 Å². The lowest BCUT2D eigenvalue weighted by atomic mass is 10.1. The minimum Gasteiger partial charge on any atom is -0.382 e. The van der Waals surface area contributed by atoms with Crippen LogP contribution < -0.4 is 0 Å². The van der Waals surface area contributed by atoms with Crippen molar-refractivity contribution in [1.82, 2.24) is 9.80 Å². The third-order valence-electron chi connectivity index (χ3n) is 3.94. The first-order valence-electron chi connectivity index (χ1n) is 7.82. The van der Waals surface area contributed by atoms with E-state index in [1.807, 2.05) is 12.1 Å². The molecule has 1 aromatic rings. The van der Waals surface area contributed by atoms with Gasteiger partial charge in [0.1, 0.15) is 0 Å². The highest BCUT2D eigenvalue weighted by atomic mass is 16.5. The number of ether oxygens (including phenoxy) is 2. The van der Waals surface area contributed by atoms with E-state index < -0.39 is 0 Å². The van der Waals surface area contributed by atoms with Crippen LogP contribution in [0.15, 0.2) is 24.3 Å². The maximum absolute atomic E-state index is 8.81. The summed E-state index contributed by atoms with van der Waals surface area (Å²) in [7, 11) is 1.69. The summed E-state index contributed by atoms with van der Waals surface area (Å²) in [5.74, 6) is 0. The number of nitriles is 1. The molecule has 0 spiro atoms. The van der Waals surface area contributed by atoms with E-state index in [0.29, 0.717) is 13.2 Å². The fraction of sp³-hybridized carbons (Fsp3) is 0.588. The van der Waals surface area contributed by atoms with Crippen molar-refractivity contribution in [3.8, 4) is 6.07 Å². The molecule has 1 aromatic carbocycles. The molecule has 1 fully saturated rings. The van der Waals surface area contributed by atoms with E-state index >= 15 is 0 Å². The monoisotopic (exact) mass is 303 g/mol. The molecule has 5 heteroatoms. The summed E-state index contributed by atoms with van der Waals surface area (Å²) in [5, 5.41) is 8.81. The summed E-state index contributed by atoms with van der Waals surface area (Å²) < 4.78 is 10.5. The van der Waals surface area contributed by atoms with Gasteiger partial charge in [0.2, 0.25) is 0 Å². The SMILES string of the molecule is COCCOCCN1CCN(Cc2ccc(C#N)cc2)CC1. The van der Waals surface area contributed by atoms with Gasteiger partial charge in [-0.2, -0.15) is 5.26 Å². The first kappa shape index (κ1) is 16.9. The molecule has 2 rings (SSSR count). The zero-order valence-corrected chi connectivity index (χ0v) is 13.3. The van der Waals surface area contributed by atoms with Gasteiger partial charge >= 0.3 is 0 Å². The molecule has 1 heterocycles. The van der Waals surface area contributed by atoms with Crippen molar-refractivity contribution in [3.05, 3.63) is 35.4 Å². The van der Waals surface area contributed by atoms with Gasteiger partial charge in [-0.1, -0.05) is 12.1 Å². The van der Waals surface area contributed by atoms with E-state index in [1.54, 1.807) is 7.11 Å². The van der Waals surface area contributed by atoms with Gasteiger partial charge in [-0.3, -0.25) is 9.80 Å². The van der Waals surface area contributed by atoms with Crippen molar-refractivity contribution in [1.29, 1.82) is 5.26 Å². The number of nitrogens with zero attached hydrogens (tertiary/aromatic N) is 3. The van der Waals surface area contributed by atoms with Crippen LogP contribution in [-0.2, 0) is 16.0 Å². The Morgan fingerprint density at radius 3 is 2.32 bits per heavy atom. The first-order valence-corrected chi connectivity index (χ1v) is 7.82. The predicted molar refractivity (Wildman–Crippen MR) is 85.6 cm³/mol. The molecule has 0 radical (unpaired) electrons. The van der Waals surface area contributed by atoms with Gasteiger partial charge in [0.05, 0.1) is 31.5 Å². The average Bonchev–Trinajstić information content (AvgIpc) is 2.57. The molecule has 120 valence electrons. The highest BCUT2D eigenvalue weighted by Crippen LogP contribution is 2.09. The third-order valence-corrected chi connectivity index (χ3v) is 3.94. The summed E-state index contributed by atoms with van der Waals surface area (Å²) in [6, 6.07) is 10.0. The fourth-order valence-electron chi connectivity index (χ4n) is 2.55. The molecule has 0 aromatic heterocycles. The molecule has 1 aliphatic heterocycles. The summed E-state index contributed by atoms with van der Waals surface area (Å²) >= 11 is 0. The molecule has 0 N–H and O–H groups in total. The van der Waals surface area contributed by atoms with Crippen molar-refractivity contribution in [3.63, 3.8) is 0 Å². The highest BCUT2D eigenvalue weighted by molar-refractivity contribution is 5.31. The predicted octanol–water partition coefficient (Wildman–Crippen LogP) is 1.34. The van der Waals surface area contributed by atoms with Crippen molar-refractivity contribution >= 4 is 0 Å². The number of piperazine rings is 1. The normalized spacial score (nSPS) is 16.5. The maximum atomic E-state index is 8.81. The molecule has 22 heavy (non-hydrogen) atoms. The van der Waals surface area contributed by atoms with E-state index in [0.717, 1.165) is 51.4 Å². The smallest absolute Gasteiger partial charge is 0.0991 e. The minimum atomic E-state index is 0.665. The molecular weight excluding hydrogens is 278 g/mol. The number of benzene rings is 1. The van der Waals surface area contributed by atoms with E-state index in [1.165, 1.54) is 5.56 Å². The van der Waals surface area contributed by atoms with Crippen LogP contribution in [-0.4, -0.2) is 69.5 Å². The van der Waals surface area contributed by atoms with Crippen LogP contribution in [0.1, 0.15) is 11.1 Å². The van der Waals surface area contributed by atoms with E-state index in [2.05, 4.69) is 28.0 Å². The van der Waals surface area contributed by atoms with Gasteiger partial charge in [0, 0.05) is 46.4 Å². The second-order valence-electron chi connectivity index (χ2n) is 5.53. The average molecular weight is 303 g/mol. The number of methoxy groups -OCH3 is 1. The van der Waals surface area contributed by atoms with Crippen LogP contribution in [0.25, 0.3) is 0 Å². The number of hydrogen-bond acceptors (Lipinski definition) is 5. The molecule has 0 amide bonds. The van der Waals surface area contributed by atoms with Gasteiger partial charge in [-0.15, -0.1) is 0 Å². The number of rotatable bonds is 8. The summed E-state index contributed by atoms with van der Waals surface area (Å²) in [6.45, 7) is 8.41. The number of hydrogen-bond donors (Lipinski definition) is 0. The largest absolute Gasteiger partial charge is 0.382 e. The van der Waals surface area contributed by atoms with E-state index in [9.17, 15) is 0 Å². The van der Waals surface area contributed by atoms with Gasteiger partial charge in [0.15, 0.2) is 0 Å². The highest BCUT2D eigenvalue weighted by Gasteiger charge is 2.16. The maximum Gasteiger partial charge on any atom is 0.0991 e. The van der Waals surface area contributed by atoms with Gasteiger partial charge in [0.25, 0.3) is 0 Å². The topological polar surface area (TPSA) is 48.7 Å². The Hall–Kier alpha value is -1.45. The lowest BCUT2D eigenvalue weighted by molar-refractivity contribution is 0.0453. The Labute approximate surface area is 133 Å². The Morgan fingerprint density at radius 1 is 1.00 bits per heavy atom. The van der Waals surface area contributed by atoms with Crippen LogP contribution in [0.3, 0.4) is 0 Å². The molecular formula is C17H25N3O2. The summed E-state index contributed by atoms with van der Waals surface area (Å²) in [5.41, 5.74) is 2.00. The molecule has 1 aliphatic rings. The van der Waals surface area contributed by atoms with Crippen molar-refractivity contribution in [2.75, 3.05) is 59.7 Å². The molecule has 0 atom stereocenters. The zero-order chi connectivity index (χ0) is 15.6. The Balaban J connectivity index is 1.63. The molecule has 5 nitrogen and oxygen atoms in total. The minimum absolute atomic E-state index is 0.665. The van der Waals surface area contributed by atoms with Crippen molar-refractivity contribution in [2.45, 2.75) is 6.54 Å². The van der Waals surface area contributed by atoms with Crippen molar-refractivity contribution < 1.29 is 9.47 Å². The first-order chi connectivity index (χ1) is 10.8. The van der Waals surface area contributed by atoms with Crippen molar-refractivity contribution in [2.24, 2.45) is 0 Å². The quantitative estimate of drug-likeness (QED) is 0.678. The second kappa shape index (κ2) is 9.54. The summed E-state index contributed by atoms with van der Waals surface area (Å²) in [4.78, 5) is 4.91. The zero-order valence-electron chi connectivity index (χ0n) is 13.3. The standard InChI is InChI=1S/C17H25N3O2/c1-21-12-13-22-11-10-19-6-8-20(9-7-19)15-17-4-2-16(14-18)3-5-17/h2-5H,6-13,15H2,1H3. The van der Waals surface area contributed by atoms with Crippen LogP contribution in [0.5, 0.6) is 0 Å². The van der Waals surface area contributed by atoms with E-state index in [-0.39, 0.29) is 0 Å². The Kier molecular flexibility index (Phi) is 7.34. The molecule has 0 unspecified atom stereocenters. The molecule has 0 saturated carbocycles. The Morgan fingerprint density at radius 2 is 1.68 bits per heavy atom. The lowest BCUT2D eigenvalue weighted by Gasteiger charge is -2.34. The molecule has 0 aliphatic carbocycles. The van der Waals surface area contributed by atoms with Gasteiger partial charge in [-0.25, -0.2) is 0 Å².